The summed E-state index contributed by atoms with van der Waals surface area (Å²) in [4.78, 5) is 11.6. The van der Waals surface area contributed by atoms with Crippen LogP contribution in [0.1, 0.15) is 13.8 Å². The largest absolute Gasteiger partial charge is 0.494 e. The predicted octanol–water partition coefficient (Wildman–Crippen LogP) is 2.65. The van der Waals surface area contributed by atoms with Crippen LogP contribution in [0.3, 0.4) is 0 Å². The maximum absolute atomic E-state index is 10.7. The average Bonchev–Trinajstić information content (AvgIpc) is 2.18. The molecular formula is C11H14O3S. The van der Waals surface area contributed by atoms with E-state index in [1.165, 1.54) is 11.8 Å². The van der Waals surface area contributed by atoms with E-state index >= 15 is 0 Å². The van der Waals surface area contributed by atoms with E-state index in [9.17, 15) is 4.79 Å². The van der Waals surface area contributed by atoms with Gasteiger partial charge in [-0.3, -0.25) is 4.79 Å². The second kappa shape index (κ2) is 5.66. The van der Waals surface area contributed by atoms with E-state index in [1.54, 1.807) is 6.92 Å². The number of carbonyl (C=O) groups is 1. The smallest absolute Gasteiger partial charge is 0.316 e. The zero-order chi connectivity index (χ0) is 11.3. The van der Waals surface area contributed by atoms with Crippen LogP contribution in [-0.4, -0.2) is 22.9 Å². The molecule has 15 heavy (non-hydrogen) atoms. The molecule has 0 saturated heterocycles. The van der Waals surface area contributed by atoms with E-state index in [-0.39, 0.29) is 0 Å². The minimum Gasteiger partial charge on any atom is -0.494 e. The number of hydrogen-bond acceptors (Lipinski definition) is 3. The highest BCUT2D eigenvalue weighted by molar-refractivity contribution is 8.00. The lowest BCUT2D eigenvalue weighted by Gasteiger charge is -2.08. The highest BCUT2D eigenvalue weighted by atomic mass is 32.2. The number of carboxylic acid groups (broad SMARTS) is 1. The maximum Gasteiger partial charge on any atom is 0.316 e. The molecule has 4 heteroatoms. The maximum atomic E-state index is 10.7. The molecular weight excluding hydrogens is 212 g/mol. The fraction of sp³-hybridized carbons (Fsp3) is 0.364. The van der Waals surface area contributed by atoms with E-state index in [0.717, 1.165) is 10.6 Å². The Labute approximate surface area is 93.4 Å². The third-order valence-electron chi connectivity index (χ3n) is 1.78. The summed E-state index contributed by atoms with van der Waals surface area (Å²) in [5.74, 6) is -0.0260. The molecule has 0 saturated carbocycles. The van der Waals surface area contributed by atoms with Crippen LogP contribution < -0.4 is 4.74 Å². The van der Waals surface area contributed by atoms with Crippen LogP contribution in [0.4, 0.5) is 0 Å². The van der Waals surface area contributed by atoms with Gasteiger partial charge in [-0.1, -0.05) is 6.07 Å². The van der Waals surface area contributed by atoms with E-state index in [2.05, 4.69) is 0 Å². The second-order valence-corrected chi connectivity index (χ2v) is 4.42. The minimum atomic E-state index is -0.804. The van der Waals surface area contributed by atoms with Gasteiger partial charge < -0.3 is 9.84 Å². The Bertz CT molecular complexity index is 338. The molecule has 1 aromatic carbocycles. The summed E-state index contributed by atoms with van der Waals surface area (Å²) in [6, 6.07) is 7.46. The van der Waals surface area contributed by atoms with E-state index in [1.807, 2.05) is 31.2 Å². The van der Waals surface area contributed by atoms with Crippen LogP contribution in [0.25, 0.3) is 0 Å². The number of carboxylic acids is 1. The minimum absolute atomic E-state index is 0.443. The molecule has 0 heterocycles. The van der Waals surface area contributed by atoms with Crippen molar-refractivity contribution < 1.29 is 14.6 Å². The summed E-state index contributed by atoms with van der Waals surface area (Å²) in [7, 11) is 0. The molecule has 0 spiro atoms. The van der Waals surface area contributed by atoms with Crippen LogP contribution >= 0.6 is 11.8 Å². The van der Waals surface area contributed by atoms with Crippen LogP contribution in [-0.2, 0) is 4.79 Å². The summed E-state index contributed by atoms with van der Waals surface area (Å²) < 4.78 is 5.33. The van der Waals surface area contributed by atoms with Gasteiger partial charge in [0.05, 0.1) is 6.61 Å². The van der Waals surface area contributed by atoms with Gasteiger partial charge in [0.2, 0.25) is 0 Å². The monoisotopic (exact) mass is 226 g/mol. The topological polar surface area (TPSA) is 46.5 Å². The second-order valence-electron chi connectivity index (χ2n) is 3.01. The number of benzene rings is 1. The first-order valence-electron chi connectivity index (χ1n) is 4.75. The molecule has 1 rings (SSSR count). The molecule has 1 aromatic rings. The Kier molecular flexibility index (Phi) is 4.49. The number of hydrogen-bond donors (Lipinski definition) is 1. The average molecular weight is 226 g/mol. The van der Waals surface area contributed by atoms with E-state index < -0.39 is 11.2 Å². The molecule has 1 N–H and O–H groups in total. The van der Waals surface area contributed by atoms with Crippen molar-refractivity contribution in [1.82, 2.24) is 0 Å². The summed E-state index contributed by atoms with van der Waals surface area (Å²) in [5.41, 5.74) is 0. The predicted molar refractivity (Wildman–Crippen MR) is 60.6 cm³/mol. The third kappa shape index (κ3) is 3.83. The molecule has 0 fully saturated rings. The van der Waals surface area contributed by atoms with Gasteiger partial charge in [0.15, 0.2) is 0 Å². The molecule has 3 nitrogen and oxygen atoms in total. The highest BCUT2D eigenvalue weighted by Gasteiger charge is 2.12. The lowest BCUT2D eigenvalue weighted by Crippen LogP contribution is -2.10. The Morgan fingerprint density at radius 2 is 2.33 bits per heavy atom. The lowest BCUT2D eigenvalue weighted by molar-refractivity contribution is -0.136. The van der Waals surface area contributed by atoms with Crippen molar-refractivity contribution in [2.24, 2.45) is 0 Å². The Morgan fingerprint density at radius 1 is 1.60 bits per heavy atom. The van der Waals surface area contributed by atoms with E-state index in [0.29, 0.717) is 6.61 Å². The van der Waals surface area contributed by atoms with Crippen molar-refractivity contribution >= 4 is 17.7 Å². The number of rotatable bonds is 5. The first-order chi connectivity index (χ1) is 7.13. The SMILES string of the molecule is CCOc1cccc(SC(C)C(=O)O)c1. The summed E-state index contributed by atoms with van der Waals surface area (Å²) in [6.45, 7) is 4.20. The molecule has 1 atom stereocenters. The van der Waals surface area contributed by atoms with Crippen molar-refractivity contribution in [2.75, 3.05) is 6.61 Å². The van der Waals surface area contributed by atoms with E-state index in [4.69, 9.17) is 9.84 Å². The zero-order valence-electron chi connectivity index (χ0n) is 8.77. The van der Waals surface area contributed by atoms with Crippen molar-refractivity contribution in [3.8, 4) is 5.75 Å². The summed E-state index contributed by atoms with van der Waals surface area (Å²) >= 11 is 1.31. The van der Waals surface area contributed by atoms with Crippen molar-refractivity contribution in [3.05, 3.63) is 24.3 Å². The van der Waals surface area contributed by atoms with Crippen molar-refractivity contribution in [2.45, 2.75) is 24.0 Å². The Balaban J connectivity index is 2.68. The normalized spacial score (nSPS) is 12.1. The van der Waals surface area contributed by atoms with Crippen molar-refractivity contribution in [1.29, 1.82) is 0 Å². The van der Waals surface area contributed by atoms with Crippen LogP contribution in [0.5, 0.6) is 5.75 Å². The van der Waals surface area contributed by atoms with Gasteiger partial charge in [-0.15, -0.1) is 11.8 Å². The molecule has 0 amide bonds. The van der Waals surface area contributed by atoms with Gasteiger partial charge in [0.25, 0.3) is 0 Å². The van der Waals surface area contributed by atoms with Gasteiger partial charge in [-0.25, -0.2) is 0 Å². The van der Waals surface area contributed by atoms with Crippen LogP contribution in [0, 0.1) is 0 Å². The quantitative estimate of drug-likeness (QED) is 0.784. The fourth-order valence-corrected chi connectivity index (χ4v) is 1.91. The molecule has 0 aliphatic carbocycles. The van der Waals surface area contributed by atoms with Gasteiger partial charge in [0, 0.05) is 4.90 Å². The molecule has 0 aromatic heterocycles. The standard InChI is InChI=1S/C11H14O3S/c1-3-14-9-5-4-6-10(7-9)15-8(2)11(12)13/h4-8H,3H2,1-2H3,(H,12,13). The fourth-order valence-electron chi connectivity index (χ4n) is 1.06. The van der Waals surface area contributed by atoms with Gasteiger partial charge in [-0.2, -0.15) is 0 Å². The molecule has 0 aliphatic rings. The molecule has 82 valence electrons. The Hall–Kier alpha value is -1.16. The number of thioether (sulfide) groups is 1. The Morgan fingerprint density at radius 3 is 2.93 bits per heavy atom. The summed E-state index contributed by atoms with van der Waals surface area (Å²) in [6.07, 6.45) is 0. The third-order valence-corrected chi connectivity index (χ3v) is 2.86. The molecule has 0 aliphatic heterocycles. The van der Waals surface area contributed by atoms with Gasteiger partial charge in [0.1, 0.15) is 11.0 Å². The van der Waals surface area contributed by atoms with Crippen LogP contribution in [0.2, 0.25) is 0 Å². The number of ether oxygens (including phenoxy) is 1. The highest BCUT2D eigenvalue weighted by Crippen LogP contribution is 2.26. The zero-order valence-corrected chi connectivity index (χ0v) is 9.58. The first-order valence-corrected chi connectivity index (χ1v) is 5.63. The molecule has 0 radical (unpaired) electrons. The molecule has 0 bridgehead atoms. The van der Waals surface area contributed by atoms with Gasteiger partial charge >= 0.3 is 5.97 Å². The lowest BCUT2D eigenvalue weighted by atomic mass is 10.3. The number of aliphatic carboxylic acids is 1. The molecule has 1 unspecified atom stereocenters. The first kappa shape index (κ1) is 11.9. The van der Waals surface area contributed by atoms with Crippen LogP contribution in [0.15, 0.2) is 29.2 Å². The van der Waals surface area contributed by atoms with Crippen molar-refractivity contribution in [3.63, 3.8) is 0 Å². The summed E-state index contributed by atoms with van der Waals surface area (Å²) in [5, 5.41) is 8.32. The van der Waals surface area contributed by atoms with Gasteiger partial charge in [-0.05, 0) is 32.0 Å².